The zero-order valence-electron chi connectivity index (χ0n) is 11.3. The van der Waals surface area contributed by atoms with E-state index in [2.05, 4.69) is 26.1 Å². The van der Waals surface area contributed by atoms with Gasteiger partial charge in [0, 0.05) is 7.05 Å². The van der Waals surface area contributed by atoms with Crippen molar-refractivity contribution in [1.29, 1.82) is 0 Å². The second kappa shape index (κ2) is 5.71. The zero-order valence-corrected chi connectivity index (χ0v) is 11.3. The normalized spacial score (nSPS) is 10.5. The molecule has 1 rings (SSSR count). The van der Waals surface area contributed by atoms with Gasteiger partial charge in [0.1, 0.15) is 5.75 Å². The van der Waals surface area contributed by atoms with Gasteiger partial charge in [-0.15, -0.1) is 0 Å². The van der Waals surface area contributed by atoms with E-state index in [4.69, 9.17) is 4.74 Å². The topological polar surface area (TPSA) is 38.3 Å². The van der Waals surface area contributed by atoms with Crippen molar-refractivity contribution in [3.63, 3.8) is 0 Å². The average molecular weight is 235 g/mol. The van der Waals surface area contributed by atoms with Gasteiger partial charge in [0.15, 0.2) is 0 Å². The van der Waals surface area contributed by atoms with Gasteiger partial charge in [-0.05, 0) is 35.6 Å². The summed E-state index contributed by atoms with van der Waals surface area (Å²) in [5.41, 5.74) is 3.06. The van der Waals surface area contributed by atoms with Crippen LogP contribution in [0.2, 0.25) is 0 Å². The average Bonchev–Trinajstić information content (AvgIpc) is 2.35. The van der Waals surface area contributed by atoms with Crippen LogP contribution in [0.4, 0.5) is 0 Å². The van der Waals surface area contributed by atoms with Crippen molar-refractivity contribution in [2.24, 2.45) is 0 Å². The van der Waals surface area contributed by atoms with E-state index < -0.39 is 0 Å². The van der Waals surface area contributed by atoms with Crippen molar-refractivity contribution in [2.45, 2.75) is 33.1 Å². The molecule has 94 valence electrons. The van der Waals surface area contributed by atoms with Gasteiger partial charge >= 0.3 is 0 Å². The number of nitrogens with one attached hydrogen (secondary N) is 1. The van der Waals surface area contributed by atoms with Crippen LogP contribution in [0.3, 0.4) is 0 Å². The number of methoxy groups -OCH3 is 1. The van der Waals surface area contributed by atoms with Crippen LogP contribution in [0.1, 0.15) is 48.2 Å². The van der Waals surface area contributed by atoms with E-state index in [1.165, 1.54) is 11.1 Å². The summed E-state index contributed by atoms with van der Waals surface area (Å²) in [6.07, 6.45) is 0.942. The molecule has 0 radical (unpaired) electrons. The lowest BCUT2D eigenvalue weighted by Gasteiger charge is -2.16. The van der Waals surface area contributed by atoms with Crippen LogP contribution in [-0.4, -0.2) is 20.1 Å². The molecule has 3 heteroatoms. The van der Waals surface area contributed by atoms with Gasteiger partial charge in [0.25, 0.3) is 5.91 Å². The summed E-state index contributed by atoms with van der Waals surface area (Å²) in [4.78, 5) is 11.8. The Morgan fingerprint density at radius 2 is 2.06 bits per heavy atom. The molecule has 0 saturated carbocycles. The fraction of sp³-hybridized carbons (Fsp3) is 0.500. The molecule has 0 aliphatic rings. The first-order valence-corrected chi connectivity index (χ1v) is 5.98. The van der Waals surface area contributed by atoms with Crippen LogP contribution in [0, 0.1) is 0 Å². The van der Waals surface area contributed by atoms with Crippen molar-refractivity contribution in [3.8, 4) is 5.75 Å². The van der Waals surface area contributed by atoms with Gasteiger partial charge in [-0.3, -0.25) is 4.79 Å². The highest BCUT2D eigenvalue weighted by molar-refractivity contribution is 5.97. The van der Waals surface area contributed by atoms with Crippen molar-refractivity contribution in [3.05, 3.63) is 28.8 Å². The highest BCUT2D eigenvalue weighted by atomic mass is 16.5. The van der Waals surface area contributed by atoms with E-state index in [1.807, 2.05) is 12.1 Å². The monoisotopic (exact) mass is 235 g/mol. The Kier molecular flexibility index (Phi) is 4.55. The lowest BCUT2D eigenvalue weighted by molar-refractivity contribution is 0.0960. The molecule has 0 spiro atoms. The maximum atomic E-state index is 11.8. The summed E-state index contributed by atoms with van der Waals surface area (Å²) in [5, 5.41) is 2.64. The van der Waals surface area contributed by atoms with Crippen LogP contribution in [0.15, 0.2) is 12.1 Å². The third-order valence-corrected chi connectivity index (χ3v) is 2.94. The summed E-state index contributed by atoms with van der Waals surface area (Å²) in [6.45, 7) is 6.38. The first-order valence-electron chi connectivity index (χ1n) is 5.98. The number of hydrogen-bond acceptors (Lipinski definition) is 2. The number of carbonyl (C=O) groups excluding carboxylic acids is 1. The van der Waals surface area contributed by atoms with E-state index >= 15 is 0 Å². The summed E-state index contributed by atoms with van der Waals surface area (Å²) in [7, 11) is 3.22. The molecule has 0 fully saturated rings. The molecule has 0 aliphatic heterocycles. The number of carbonyl (C=O) groups is 1. The number of amides is 1. The Bertz CT molecular complexity index is 411. The van der Waals surface area contributed by atoms with E-state index in [0.717, 1.165) is 6.42 Å². The molecule has 0 atom stereocenters. The van der Waals surface area contributed by atoms with Gasteiger partial charge in [-0.2, -0.15) is 0 Å². The molecule has 1 aromatic carbocycles. The quantitative estimate of drug-likeness (QED) is 0.871. The number of aryl methyl sites for hydroxylation is 1. The number of hydrogen-bond donors (Lipinski definition) is 1. The summed E-state index contributed by atoms with van der Waals surface area (Å²) >= 11 is 0. The molecule has 1 amide bonds. The molecule has 0 saturated heterocycles. The Balaban J connectivity index is 3.39. The first-order chi connectivity index (χ1) is 8.04. The van der Waals surface area contributed by atoms with Gasteiger partial charge in [0.2, 0.25) is 0 Å². The molecule has 0 aliphatic carbocycles. The highest BCUT2D eigenvalue weighted by Gasteiger charge is 2.16. The predicted octanol–water partition coefficient (Wildman–Crippen LogP) is 2.74. The molecule has 0 unspecified atom stereocenters. The van der Waals surface area contributed by atoms with E-state index in [-0.39, 0.29) is 5.91 Å². The predicted molar refractivity (Wildman–Crippen MR) is 69.9 cm³/mol. The third-order valence-electron chi connectivity index (χ3n) is 2.94. The van der Waals surface area contributed by atoms with Crippen LogP contribution >= 0.6 is 0 Å². The molecule has 3 nitrogen and oxygen atoms in total. The molecule has 0 aromatic heterocycles. The Morgan fingerprint density at radius 3 is 2.47 bits per heavy atom. The third kappa shape index (κ3) is 2.78. The Morgan fingerprint density at radius 1 is 1.41 bits per heavy atom. The fourth-order valence-corrected chi connectivity index (χ4v) is 1.96. The largest absolute Gasteiger partial charge is 0.496 e. The number of ether oxygens (including phenoxy) is 1. The van der Waals surface area contributed by atoms with E-state index in [1.54, 1.807) is 14.2 Å². The van der Waals surface area contributed by atoms with E-state index in [9.17, 15) is 4.79 Å². The molecular weight excluding hydrogens is 214 g/mol. The van der Waals surface area contributed by atoms with Crippen molar-refractivity contribution in [2.75, 3.05) is 14.2 Å². The van der Waals surface area contributed by atoms with Crippen LogP contribution in [0.25, 0.3) is 0 Å². The number of rotatable bonds is 4. The minimum absolute atomic E-state index is 0.105. The zero-order chi connectivity index (χ0) is 13.0. The first kappa shape index (κ1) is 13.6. The van der Waals surface area contributed by atoms with Crippen molar-refractivity contribution in [1.82, 2.24) is 5.32 Å². The standard InChI is InChI=1S/C14H21NO2/c1-6-10-7-13(17-5)12(14(16)15-4)8-11(10)9(2)3/h7-9H,6H2,1-5H3,(H,15,16). The van der Waals surface area contributed by atoms with Crippen LogP contribution in [0.5, 0.6) is 5.75 Å². The van der Waals surface area contributed by atoms with Crippen molar-refractivity contribution >= 4 is 5.91 Å². The van der Waals surface area contributed by atoms with Crippen LogP contribution in [-0.2, 0) is 6.42 Å². The lowest BCUT2D eigenvalue weighted by Crippen LogP contribution is -2.19. The maximum absolute atomic E-state index is 11.8. The molecular formula is C14H21NO2. The maximum Gasteiger partial charge on any atom is 0.254 e. The molecule has 0 bridgehead atoms. The van der Waals surface area contributed by atoms with Gasteiger partial charge in [-0.25, -0.2) is 0 Å². The molecule has 1 aromatic rings. The lowest BCUT2D eigenvalue weighted by atomic mass is 9.93. The van der Waals surface area contributed by atoms with Gasteiger partial charge in [0.05, 0.1) is 12.7 Å². The summed E-state index contributed by atoms with van der Waals surface area (Å²) < 4.78 is 5.28. The summed E-state index contributed by atoms with van der Waals surface area (Å²) in [5.74, 6) is 0.941. The number of benzene rings is 1. The van der Waals surface area contributed by atoms with Gasteiger partial charge in [-0.1, -0.05) is 20.8 Å². The summed E-state index contributed by atoms with van der Waals surface area (Å²) in [6, 6.07) is 3.92. The molecule has 17 heavy (non-hydrogen) atoms. The second-order valence-electron chi connectivity index (χ2n) is 4.34. The minimum Gasteiger partial charge on any atom is -0.496 e. The SMILES string of the molecule is CCc1cc(OC)c(C(=O)NC)cc1C(C)C. The van der Waals surface area contributed by atoms with Crippen LogP contribution < -0.4 is 10.1 Å². The minimum atomic E-state index is -0.105. The Labute approximate surface area is 103 Å². The Hall–Kier alpha value is -1.51. The van der Waals surface area contributed by atoms with E-state index in [0.29, 0.717) is 17.2 Å². The van der Waals surface area contributed by atoms with Crippen molar-refractivity contribution < 1.29 is 9.53 Å². The molecule has 0 heterocycles. The fourth-order valence-electron chi connectivity index (χ4n) is 1.96. The molecule has 1 N–H and O–H groups in total. The van der Waals surface area contributed by atoms with Gasteiger partial charge < -0.3 is 10.1 Å². The second-order valence-corrected chi connectivity index (χ2v) is 4.34. The smallest absolute Gasteiger partial charge is 0.254 e. The highest BCUT2D eigenvalue weighted by Crippen LogP contribution is 2.28.